The lowest BCUT2D eigenvalue weighted by molar-refractivity contribution is -0.118. The lowest BCUT2D eigenvalue weighted by atomic mass is 10.2. The van der Waals surface area contributed by atoms with Gasteiger partial charge in [0.05, 0.1) is 0 Å². The molecule has 0 aromatic carbocycles. The Kier molecular flexibility index (Phi) is 5.28. The number of sulfonamides is 1. The van der Waals surface area contributed by atoms with Gasteiger partial charge in [-0.15, -0.1) is 0 Å². The number of aromatic carboxylic acids is 1. The van der Waals surface area contributed by atoms with Crippen molar-refractivity contribution < 1.29 is 27.5 Å². The second-order valence-electron chi connectivity index (χ2n) is 4.16. The summed E-state index contributed by atoms with van der Waals surface area (Å²) in [5.41, 5.74) is 4.96. The summed E-state index contributed by atoms with van der Waals surface area (Å²) < 4.78 is 31.0. The van der Waals surface area contributed by atoms with Gasteiger partial charge in [0.1, 0.15) is 10.7 Å². The molecule has 9 heteroatoms. The third-order valence-electron chi connectivity index (χ3n) is 2.51. The molecule has 0 saturated carbocycles. The normalized spacial score (nSPS) is 11.4. The molecular formula is C11H16N2O6S. The number of nitrogens with two attached hydrogens (primary N) is 1. The third kappa shape index (κ3) is 4.35. The minimum absolute atomic E-state index is 0.00651. The van der Waals surface area contributed by atoms with Crippen molar-refractivity contribution in [1.29, 1.82) is 0 Å². The minimum atomic E-state index is -3.83. The Morgan fingerprint density at radius 1 is 1.40 bits per heavy atom. The summed E-state index contributed by atoms with van der Waals surface area (Å²) in [7, 11) is -3.83. The molecule has 0 saturated heterocycles. The van der Waals surface area contributed by atoms with Crippen molar-refractivity contribution in [3.8, 4) is 0 Å². The number of primary amides is 1. The van der Waals surface area contributed by atoms with E-state index in [4.69, 9.17) is 15.3 Å². The smallest absolute Gasteiger partial charge is 0.371 e. The predicted octanol–water partition coefficient (Wildman–Crippen LogP) is 0.220. The summed E-state index contributed by atoms with van der Waals surface area (Å²) in [4.78, 5) is 21.0. The number of carbonyl (C=O) groups is 2. The third-order valence-corrected chi connectivity index (χ3v) is 4.08. The predicted molar refractivity (Wildman–Crippen MR) is 68.6 cm³/mol. The van der Waals surface area contributed by atoms with Crippen LogP contribution in [0.25, 0.3) is 0 Å². The van der Waals surface area contributed by atoms with Crippen LogP contribution in [0.1, 0.15) is 35.6 Å². The van der Waals surface area contributed by atoms with Crippen LogP contribution in [0.5, 0.6) is 0 Å². The first kappa shape index (κ1) is 16.2. The first-order valence-corrected chi connectivity index (χ1v) is 7.34. The molecule has 0 fully saturated rings. The zero-order valence-corrected chi connectivity index (χ0v) is 11.7. The van der Waals surface area contributed by atoms with Crippen molar-refractivity contribution in [3.05, 3.63) is 17.6 Å². The van der Waals surface area contributed by atoms with Crippen LogP contribution >= 0.6 is 0 Å². The molecule has 4 N–H and O–H groups in total. The number of unbranched alkanes of at least 4 members (excludes halogenated alkanes) is 1. The molecule has 0 aliphatic carbocycles. The molecule has 0 atom stereocenters. The number of hydrogen-bond donors (Lipinski definition) is 3. The van der Waals surface area contributed by atoms with Gasteiger partial charge in [-0.2, -0.15) is 0 Å². The molecule has 1 amide bonds. The Hall–Kier alpha value is -1.87. The van der Waals surface area contributed by atoms with Crippen molar-refractivity contribution in [2.45, 2.75) is 31.1 Å². The second kappa shape index (κ2) is 6.53. The van der Waals surface area contributed by atoms with Crippen LogP contribution < -0.4 is 10.5 Å². The zero-order chi connectivity index (χ0) is 15.3. The first-order chi connectivity index (χ1) is 9.24. The van der Waals surface area contributed by atoms with Crippen LogP contribution in [0.4, 0.5) is 0 Å². The number of furan rings is 1. The maximum absolute atomic E-state index is 11.9. The molecule has 0 spiro atoms. The molecule has 0 radical (unpaired) electrons. The molecule has 0 unspecified atom stereocenters. The number of aryl methyl sites for hydroxylation is 1. The molecule has 0 bridgehead atoms. The monoisotopic (exact) mass is 304 g/mol. The highest BCUT2D eigenvalue weighted by molar-refractivity contribution is 7.89. The number of hydrogen-bond acceptors (Lipinski definition) is 5. The molecule has 112 valence electrons. The first-order valence-electron chi connectivity index (χ1n) is 5.85. The number of carboxylic acid groups (broad SMARTS) is 1. The molecule has 1 heterocycles. The summed E-state index contributed by atoms with van der Waals surface area (Å²) >= 11 is 0. The summed E-state index contributed by atoms with van der Waals surface area (Å²) in [6.45, 7) is 1.50. The lowest BCUT2D eigenvalue weighted by Crippen LogP contribution is -2.25. The number of carbonyl (C=O) groups excluding carboxylic acids is 1. The van der Waals surface area contributed by atoms with E-state index in [0.29, 0.717) is 12.8 Å². The highest BCUT2D eigenvalue weighted by Crippen LogP contribution is 2.19. The summed E-state index contributed by atoms with van der Waals surface area (Å²) in [6, 6.07) is 0.962. The van der Waals surface area contributed by atoms with Gasteiger partial charge in [-0.1, -0.05) is 0 Å². The standard InChI is InChI=1S/C11H16N2O6S/c1-7-9(6-8(19-7)11(15)16)20(17,18)13-5-3-2-4-10(12)14/h6,13H,2-5H2,1H3,(H2,12,14)(H,15,16). The second-order valence-corrected chi connectivity index (χ2v) is 5.89. The van der Waals surface area contributed by atoms with E-state index in [0.717, 1.165) is 6.07 Å². The largest absolute Gasteiger partial charge is 0.475 e. The van der Waals surface area contributed by atoms with Crippen molar-refractivity contribution in [2.24, 2.45) is 5.73 Å². The van der Waals surface area contributed by atoms with Gasteiger partial charge in [0.15, 0.2) is 0 Å². The minimum Gasteiger partial charge on any atom is -0.475 e. The van der Waals surface area contributed by atoms with E-state index < -0.39 is 27.7 Å². The lowest BCUT2D eigenvalue weighted by Gasteiger charge is -2.04. The maximum Gasteiger partial charge on any atom is 0.371 e. The van der Waals surface area contributed by atoms with Crippen molar-refractivity contribution in [2.75, 3.05) is 6.54 Å². The van der Waals surface area contributed by atoms with Gasteiger partial charge < -0.3 is 15.3 Å². The Morgan fingerprint density at radius 3 is 2.55 bits per heavy atom. The highest BCUT2D eigenvalue weighted by Gasteiger charge is 2.23. The van der Waals surface area contributed by atoms with E-state index >= 15 is 0 Å². The Bertz CT molecular complexity index is 604. The summed E-state index contributed by atoms with van der Waals surface area (Å²) in [5.74, 6) is -2.20. The fraction of sp³-hybridized carbons (Fsp3) is 0.455. The van der Waals surface area contributed by atoms with Crippen LogP contribution in [0.2, 0.25) is 0 Å². The van der Waals surface area contributed by atoms with Gasteiger partial charge in [-0.25, -0.2) is 17.9 Å². The number of amides is 1. The quantitative estimate of drug-likeness (QED) is 0.587. The van der Waals surface area contributed by atoms with Crippen LogP contribution in [0.3, 0.4) is 0 Å². The van der Waals surface area contributed by atoms with Gasteiger partial charge in [0, 0.05) is 19.0 Å². The number of nitrogens with one attached hydrogen (secondary N) is 1. The van der Waals surface area contributed by atoms with Crippen LogP contribution in [-0.2, 0) is 14.8 Å². The Balaban J connectivity index is 2.65. The van der Waals surface area contributed by atoms with Crippen molar-refractivity contribution >= 4 is 21.9 Å². The van der Waals surface area contributed by atoms with E-state index in [1.807, 2.05) is 0 Å². The van der Waals surface area contributed by atoms with Crippen LogP contribution in [-0.4, -0.2) is 31.9 Å². The highest BCUT2D eigenvalue weighted by atomic mass is 32.2. The SMILES string of the molecule is Cc1oc(C(=O)O)cc1S(=O)(=O)NCCCCC(N)=O. The Morgan fingerprint density at radius 2 is 2.05 bits per heavy atom. The topological polar surface area (TPSA) is 140 Å². The van der Waals surface area contributed by atoms with E-state index in [9.17, 15) is 18.0 Å². The number of carboxylic acids is 1. The van der Waals surface area contributed by atoms with Gasteiger partial charge >= 0.3 is 5.97 Å². The molecule has 8 nitrogen and oxygen atoms in total. The maximum atomic E-state index is 11.9. The van der Waals surface area contributed by atoms with Gasteiger partial charge in [0.25, 0.3) is 0 Å². The van der Waals surface area contributed by atoms with Gasteiger partial charge in [-0.3, -0.25) is 4.79 Å². The molecule has 1 aromatic heterocycles. The molecule has 1 aromatic rings. The van der Waals surface area contributed by atoms with Crippen molar-refractivity contribution in [1.82, 2.24) is 4.72 Å². The van der Waals surface area contributed by atoms with E-state index in [-0.39, 0.29) is 23.6 Å². The van der Waals surface area contributed by atoms with E-state index in [1.54, 1.807) is 0 Å². The zero-order valence-electron chi connectivity index (χ0n) is 10.9. The van der Waals surface area contributed by atoms with Gasteiger partial charge in [-0.05, 0) is 19.8 Å². The number of rotatable bonds is 8. The van der Waals surface area contributed by atoms with Gasteiger partial charge in [0.2, 0.25) is 21.7 Å². The van der Waals surface area contributed by atoms with E-state index in [1.165, 1.54) is 6.92 Å². The fourth-order valence-corrected chi connectivity index (χ4v) is 2.80. The average Bonchev–Trinajstić information content (AvgIpc) is 2.71. The van der Waals surface area contributed by atoms with Crippen LogP contribution in [0.15, 0.2) is 15.4 Å². The summed E-state index contributed by atoms with van der Waals surface area (Å²) in [6.07, 6.45) is 1.11. The van der Waals surface area contributed by atoms with Crippen molar-refractivity contribution in [3.63, 3.8) is 0 Å². The molecule has 20 heavy (non-hydrogen) atoms. The molecular weight excluding hydrogens is 288 g/mol. The molecule has 1 rings (SSSR count). The summed E-state index contributed by atoms with van der Waals surface area (Å²) in [5, 5.41) is 8.73. The average molecular weight is 304 g/mol. The fourth-order valence-electron chi connectivity index (χ4n) is 1.55. The Labute approximate surface area is 116 Å². The van der Waals surface area contributed by atoms with Crippen LogP contribution in [0, 0.1) is 6.92 Å². The molecule has 0 aliphatic rings. The molecule has 0 aliphatic heterocycles. The van der Waals surface area contributed by atoms with E-state index in [2.05, 4.69) is 4.72 Å².